The monoisotopic (exact) mass is 353 g/mol. The highest BCUT2D eigenvalue weighted by Crippen LogP contribution is 2.33. The molecule has 1 saturated heterocycles. The Morgan fingerprint density at radius 1 is 1.31 bits per heavy atom. The van der Waals surface area contributed by atoms with E-state index in [1.165, 1.54) is 11.3 Å². The molecule has 138 valence electrons. The van der Waals surface area contributed by atoms with Gasteiger partial charge in [-0.25, -0.2) is 0 Å². The largest absolute Gasteiger partial charge is 0.459 e. The van der Waals surface area contributed by atoms with Crippen LogP contribution in [0.5, 0.6) is 0 Å². The first kappa shape index (κ1) is 17.2. The molecule has 2 aliphatic heterocycles. The lowest BCUT2D eigenvalue weighted by Crippen LogP contribution is -2.46. The molecule has 0 spiro atoms. The van der Waals surface area contributed by atoms with Crippen LogP contribution in [0.25, 0.3) is 0 Å². The summed E-state index contributed by atoms with van der Waals surface area (Å²) >= 11 is 0. The Kier molecular flexibility index (Phi) is 4.72. The molecular formula is C21H27N3O2. The average molecular weight is 353 g/mol. The number of piperidine rings is 1. The lowest BCUT2D eigenvalue weighted by molar-refractivity contribution is 0.0896. The summed E-state index contributed by atoms with van der Waals surface area (Å²) in [5, 5.41) is 6.57. The third-order valence-corrected chi connectivity index (χ3v) is 5.60. The standard InChI is InChI=1S/C21H27N3O2/c1-14-11-18(7-9-22-14)23-21(25)20-17(8-10-26-20)13-24-15(2)12-16-5-3-4-6-19(16)24/h3-6,8,10,14-15,18,22H,7,9,11-13H2,1-2H3,(H,23,25). The second-order valence-electron chi connectivity index (χ2n) is 7.63. The SMILES string of the molecule is CC1CC(NC(=O)c2occc2CN2c3ccccc3CC2C)CCN1. The first-order chi connectivity index (χ1) is 12.6. The Morgan fingerprint density at radius 2 is 2.15 bits per heavy atom. The minimum absolute atomic E-state index is 0.0933. The second kappa shape index (κ2) is 7.16. The number of carbonyl (C=O) groups is 1. The molecule has 3 heterocycles. The molecule has 1 aromatic heterocycles. The number of para-hydroxylation sites is 1. The molecule has 3 unspecified atom stereocenters. The maximum atomic E-state index is 12.8. The van der Waals surface area contributed by atoms with Gasteiger partial charge in [-0.15, -0.1) is 0 Å². The summed E-state index contributed by atoms with van der Waals surface area (Å²) in [6, 6.07) is 11.5. The van der Waals surface area contributed by atoms with Crippen molar-refractivity contribution in [3.8, 4) is 0 Å². The van der Waals surface area contributed by atoms with Gasteiger partial charge < -0.3 is 20.0 Å². The van der Waals surface area contributed by atoms with E-state index >= 15 is 0 Å². The maximum absolute atomic E-state index is 12.8. The number of amides is 1. The fourth-order valence-electron chi connectivity index (χ4n) is 4.23. The Hall–Kier alpha value is -2.27. The van der Waals surface area contributed by atoms with Crippen molar-refractivity contribution in [1.82, 2.24) is 10.6 Å². The Labute approximate surface area is 154 Å². The lowest BCUT2D eigenvalue weighted by atomic mass is 10.0. The number of rotatable bonds is 4. The van der Waals surface area contributed by atoms with E-state index in [4.69, 9.17) is 4.42 Å². The maximum Gasteiger partial charge on any atom is 0.287 e. The third kappa shape index (κ3) is 3.36. The van der Waals surface area contributed by atoms with E-state index in [0.717, 1.165) is 31.4 Å². The lowest BCUT2D eigenvalue weighted by Gasteiger charge is -2.28. The predicted octanol–water partition coefficient (Wildman–Crippen LogP) is 3.10. The van der Waals surface area contributed by atoms with E-state index in [-0.39, 0.29) is 11.9 Å². The van der Waals surface area contributed by atoms with Crippen LogP contribution in [0.1, 0.15) is 48.4 Å². The van der Waals surface area contributed by atoms with Gasteiger partial charge in [-0.3, -0.25) is 4.79 Å². The Bertz CT molecular complexity index is 785. The Balaban J connectivity index is 1.48. The number of hydrogen-bond donors (Lipinski definition) is 2. The van der Waals surface area contributed by atoms with Gasteiger partial charge >= 0.3 is 0 Å². The predicted molar refractivity (Wildman–Crippen MR) is 102 cm³/mol. The van der Waals surface area contributed by atoms with Gasteiger partial charge in [0.1, 0.15) is 0 Å². The topological polar surface area (TPSA) is 57.5 Å². The first-order valence-electron chi connectivity index (χ1n) is 9.57. The van der Waals surface area contributed by atoms with Crippen molar-refractivity contribution >= 4 is 11.6 Å². The van der Waals surface area contributed by atoms with Crippen LogP contribution in [0.15, 0.2) is 41.0 Å². The molecule has 3 atom stereocenters. The summed E-state index contributed by atoms with van der Waals surface area (Å²) in [6.07, 6.45) is 4.59. The van der Waals surface area contributed by atoms with Crippen LogP contribution in [0.2, 0.25) is 0 Å². The van der Waals surface area contributed by atoms with Crippen LogP contribution >= 0.6 is 0 Å². The summed E-state index contributed by atoms with van der Waals surface area (Å²) in [6.45, 7) is 6.03. The Morgan fingerprint density at radius 3 is 3.00 bits per heavy atom. The number of furan rings is 1. The summed E-state index contributed by atoms with van der Waals surface area (Å²) < 4.78 is 5.57. The average Bonchev–Trinajstić information content (AvgIpc) is 3.20. The van der Waals surface area contributed by atoms with Gasteiger partial charge in [0.05, 0.1) is 6.26 Å². The highest BCUT2D eigenvalue weighted by molar-refractivity contribution is 5.93. The summed E-state index contributed by atoms with van der Waals surface area (Å²) in [5.41, 5.74) is 3.59. The second-order valence-corrected chi connectivity index (χ2v) is 7.63. The van der Waals surface area contributed by atoms with Gasteiger partial charge in [0.25, 0.3) is 5.91 Å². The van der Waals surface area contributed by atoms with Gasteiger partial charge in [-0.1, -0.05) is 18.2 Å². The highest BCUT2D eigenvalue weighted by atomic mass is 16.3. The van der Waals surface area contributed by atoms with Crippen LogP contribution < -0.4 is 15.5 Å². The summed E-state index contributed by atoms with van der Waals surface area (Å²) in [4.78, 5) is 15.1. The molecule has 1 fully saturated rings. The van der Waals surface area contributed by atoms with Crippen molar-refractivity contribution in [2.24, 2.45) is 0 Å². The minimum atomic E-state index is -0.0933. The molecule has 0 aliphatic carbocycles. The highest BCUT2D eigenvalue weighted by Gasteiger charge is 2.28. The van der Waals surface area contributed by atoms with E-state index in [1.54, 1.807) is 6.26 Å². The molecular weight excluding hydrogens is 326 g/mol. The molecule has 2 aromatic rings. The number of anilines is 1. The normalized spacial score (nSPS) is 25.2. The molecule has 5 nitrogen and oxygen atoms in total. The van der Waals surface area contributed by atoms with Gasteiger partial charge in [0.15, 0.2) is 5.76 Å². The quantitative estimate of drug-likeness (QED) is 0.887. The number of hydrogen-bond acceptors (Lipinski definition) is 4. The van der Waals surface area contributed by atoms with E-state index in [9.17, 15) is 4.79 Å². The molecule has 4 rings (SSSR count). The third-order valence-electron chi connectivity index (χ3n) is 5.60. The van der Waals surface area contributed by atoms with Crippen molar-refractivity contribution in [1.29, 1.82) is 0 Å². The van der Waals surface area contributed by atoms with Crippen LogP contribution in [0.4, 0.5) is 5.69 Å². The van der Waals surface area contributed by atoms with Crippen molar-refractivity contribution in [3.63, 3.8) is 0 Å². The van der Waals surface area contributed by atoms with E-state index < -0.39 is 0 Å². The smallest absolute Gasteiger partial charge is 0.287 e. The molecule has 2 aliphatic rings. The van der Waals surface area contributed by atoms with Crippen molar-refractivity contribution in [3.05, 3.63) is 53.5 Å². The number of nitrogens with zero attached hydrogens (tertiary/aromatic N) is 1. The molecule has 2 N–H and O–H groups in total. The number of nitrogens with one attached hydrogen (secondary N) is 2. The van der Waals surface area contributed by atoms with E-state index in [0.29, 0.717) is 24.4 Å². The number of fused-ring (bicyclic) bond motifs is 1. The van der Waals surface area contributed by atoms with Crippen LogP contribution in [0.3, 0.4) is 0 Å². The minimum Gasteiger partial charge on any atom is -0.459 e. The molecule has 26 heavy (non-hydrogen) atoms. The van der Waals surface area contributed by atoms with Gasteiger partial charge in [0, 0.05) is 35.9 Å². The molecule has 0 radical (unpaired) electrons. The summed E-state index contributed by atoms with van der Waals surface area (Å²) in [5.74, 6) is 0.358. The molecule has 1 aromatic carbocycles. The van der Waals surface area contributed by atoms with Gasteiger partial charge in [0.2, 0.25) is 0 Å². The van der Waals surface area contributed by atoms with Crippen LogP contribution in [-0.4, -0.2) is 30.6 Å². The first-order valence-corrected chi connectivity index (χ1v) is 9.57. The van der Waals surface area contributed by atoms with E-state index in [1.807, 2.05) is 6.07 Å². The fraction of sp³-hybridized carbons (Fsp3) is 0.476. The zero-order chi connectivity index (χ0) is 18.1. The zero-order valence-electron chi connectivity index (χ0n) is 15.5. The van der Waals surface area contributed by atoms with Gasteiger partial charge in [-0.05, 0) is 57.4 Å². The molecule has 0 bridgehead atoms. The van der Waals surface area contributed by atoms with Crippen molar-refractivity contribution in [2.45, 2.75) is 57.8 Å². The molecule has 0 saturated carbocycles. The zero-order valence-corrected chi connectivity index (χ0v) is 15.5. The number of carbonyl (C=O) groups excluding carboxylic acids is 1. The van der Waals surface area contributed by atoms with Crippen molar-refractivity contribution in [2.75, 3.05) is 11.4 Å². The molecule has 1 amide bonds. The molecule has 5 heteroatoms. The number of benzene rings is 1. The summed E-state index contributed by atoms with van der Waals surface area (Å²) in [7, 11) is 0. The fourth-order valence-corrected chi connectivity index (χ4v) is 4.23. The van der Waals surface area contributed by atoms with Crippen LogP contribution in [0, 0.1) is 0 Å². The van der Waals surface area contributed by atoms with Crippen molar-refractivity contribution < 1.29 is 9.21 Å². The van der Waals surface area contributed by atoms with E-state index in [2.05, 4.69) is 53.6 Å². The van der Waals surface area contributed by atoms with Crippen LogP contribution in [-0.2, 0) is 13.0 Å². The van der Waals surface area contributed by atoms with Gasteiger partial charge in [-0.2, -0.15) is 0 Å².